The summed E-state index contributed by atoms with van der Waals surface area (Å²) in [5, 5.41) is 0.695. The molecule has 3 nitrogen and oxygen atoms in total. The highest BCUT2D eigenvalue weighted by Gasteiger charge is 2.16. The minimum atomic E-state index is -0.273. The fourth-order valence-electron chi connectivity index (χ4n) is 1.01. The lowest BCUT2D eigenvalue weighted by molar-refractivity contribution is 0.0531. The van der Waals surface area contributed by atoms with Crippen LogP contribution in [0, 0.1) is 13.8 Å². The van der Waals surface area contributed by atoms with E-state index in [0.717, 1.165) is 11.1 Å². The zero-order chi connectivity index (χ0) is 10.0. The summed E-state index contributed by atoms with van der Waals surface area (Å²) < 4.78 is 4.89. The van der Waals surface area contributed by atoms with Gasteiger partial charge in [-0.3, -0.25) is 0 Å². The van der Waals surface area contributed by atoms with Gasteiger partial charge in [0.25, 0.3) is 0 Å². The van der Waals surface area contributed by atoms with E-state index in [1.54, 1.807) is 6.92 Å². The summed E-state index contributed by atoms with van der Waals surface area (Å²) in [5.41, 5.74) is 7.60. The number of hydrogen-bond acceptors (Lipinski definition) is 4. The molecule has 1 aromatic heterocycles. The number of anilines is 1. The molecule has 1 heterocycles. The van der Waals surface area contributed by atoms with Gasteiger partial charge in [-0.2, -0.15) is 0 Å². The summed E-state index contributed by atoms with van der Waals surface area (Å²) >= 11 is 1.29. The van der Waals surface area contributed by atoms with Crippen LogP contribution in [0.4, 0.5) is 5.00 Å². The zero-order valence-corrected chi connectivity index (χ0v) is 8.83. The number of thiophene rings is 1. The second-order valence-corrected chi connectivity index (χ2v) is 3.82. The Labute approximate surface area is 81.5 Å². The summed E-state index contributed by atoms with van der Waals surface area (Å²) in [7, 11) is 0. The number of nitrogen functional groups attached to an aromatic ring is 1. The van der Waals surface area contributed by atoms with Gasteiger partial charge in [-0.1, -0.05) is 0 Å². The average Bonchev–Trinajstić information content (AvgIpc) is 2.33. The molecule has 0 atom stereocenters. The van der Waals surface area contributed by atoms with Crippen LogP contribution < -0.4 is 5.73 Å². The first kappa shape index (κ1) is 10.1. The fourth-order valence-corrected chi connectivity index (χ4v) is 1.98. The monoisotopic (exact) mass is 199 g/mol. The van der Waals surface area contributed by atoms with Crippen LogP contribution in [0.5, 0.6) is 0 Å². The molecule has 0 bridgehead atoms. The van der Waals surface area contributed by atoms with Crippen LogP contribution in [-0.2, 0) is 4.74 Å². The Morgan fingerprint density at radius 3 is 2.46 bits per heavy atom. The van der Waals surface area contributed by atoms with Crippen molar-refractivity contribution in [3.8, 4) is 0 Å². The van der Waals surface area contributed by atoms with Crippen LogP contribution in [0.1, 0.15) is 27.7 Å². The average molecular weight is 199 g/mol. The van der Waals surface area contributed by atoms with Gasteiger partial charge in [0.2, 0.25) is 0 Å². The maximum absolute atomic E-state index is 11.4. The molecule has 0 radical (unpaired) electrons. The van der Waals surface area contributed by atoms with E-state index >= 15 is 0 Å². The SMILES string of the molecule is CCOC(=O)c1sc(N)c(C)c1C. The van der Waals surface area contributed by atoms with E-state index in [2.05, 4.69) is 0 Å². The summed E-state index contributed by atoms with van der Waals surface area (Å²) in [6.45, 7) is 5.98. The van der Waals surface area contributed by atoms with Crippen molar-refractivity contribution < 1.29 is 9.53 Å². The van der Waals surface area contributed by atoms with Gasteiger partial charge in [0.05, 0.1) is 11.6 Å². The highest BCUT2D eigenvalue weighted by molar-refractivity contribution is 7.18. The summed E-state index contributed by atoms with van der Waals surface area (Å²) in [4.78, 5) is 12.0. The van der Waals surface area contributed by atoms with Crippen molar-refractivity contribution in [1.82, 2.24) is 0 Å². The predicted octanol–water partition coefficient (Wildman–Crippen LogP) is 2.12. The molecular formula is C9H13NO2S. The Morgan fingerprint density at radius 1 is 1.46 bits per heavy atom. The van der Waals surface area contributed by atoms with E-state index in [4.69, 9.17) is 10.5 Å². The van der Waals surface area contributed by atoms with Crippen molar-refractivity contribution in [2.75, 3.05) is 12.3 Å². The molecule has 0 aromatic carbocycles. The molecule has 2 N–H and O–H groups in total. The van der Waals surface area contributed by atoms with Crippen LogP contribution in [0.15, 0.2) is 0 Å². The lowest BCUT2D eigenvalue weighted by Gasteiger charge is -1.99. The molecule has 4 heteroatoms. The van der Waals surface area contributed by atoms with Crippen molar-refractivity contribution in [1.29, 1.82) is 0 Å². The second kappa shape index (κ2) is 3.79. The van der Waals surface area contributed by atoms with Gasteiger partial charge in [0, 0.05) is 0 Å². The number of carbonyl (C=O) groups excluding carboxylic acids is 1. The molecule has 0 aliphatic rings. The Morgan fingerprint density at radius 2 is 2.08 bits per heavy atom. The summed E-state index contributed by atoms with van der Waals surface area (Å²) in [5.74, 6) is -0.273. The largest absolute Gasteiger partial charge is 0.462 e. The first-order chi connectivity index (χ1) is 6.07. The van der Waals surface area contributed by atoms with Crippen molar-refractivity contribution in [2.24, 2.45) is 0 Å². The normalized spacial score (nSPS) is 10.1. The van der Waals surface area contributed by atoms with Gasteiger partial charge in [0.1, 0.15) is 4.88 Å². The molecule has 1 aromatic rings. The molecule has 0 aliphatic heterocycles. The van der Waals surface area contributed by atoms with Gasteiger partial charge < -0.3 is 10.5 Å². The van der Waals surface area contributed by atoms with Crippen molar-refractivity contribution in [3.05, 3.63) is 16.0 Å². The third-order valence-electron chi connectivity index (χ3n) is 1.95. The lowest BCUT2D eigenvalue weighted by atomic mass is 10.2. The summed E-state index contributed by atoms with van der Waals surface area (Å²) in [6, 6.07) is 0. The first-order valence-corrected chi connectivity index (χ1v) is 4.92. The zero-order valence-electron chi connectivity index (χ0n) is 8.01. The van der Waals surface area contributed by atoms with Crippen LogP contribution in [0.25, 0.3) is 0 Å². The smallest absolute Gasteiger partial charge is 0.348 e. The van der Waals surface area contributed by atoms with Crippen molar-refractivity contribution >= 4 is 22.3 Å². The van der Waals surface area contributed by atoms with Crippen molar-refractivity contribution in [3.63, 3.8) is 0 Å². The molecule has 72 valence electrons. The Hall–Kier alpha value is -1.03. The number of ether oxygens (including phenoxy) is 1. The fraction of sp³-hybridized carbons (Fsp3) is 0.444. The molecule has 0 unspecified atom stereocenters. The molecular weight excluding hydrogens is 186 g/mol. The Kier molecular flexibility index (Phi) is 2.93. The molecule has 13 heavy (non-hydrogen) atoms. The van der Waals surface area contributed by atoms with E-state index in [0.29, 0.717) is 16.5 Å². The van der Waals surface area contributed by atoms with E-state index < -0.39 is 0 Å². The van der Waals surface area contributed by atoms with E-state index in [1.807, 2.05) is 13.8 Å². The highest BCUT2D eigenvalue weighted by Crippen LogP contribution is 2.29. The molecule has 1 rings (SSSR count). The van der Waals surface area contributed by atoms with Gasteiger partial charge >= 0.3 is 5.97 Å². The molecule has 0 amide bonds. The number of nitrogens with two attached hydrogens (primary N) is 1. The van der Waals surface area contributed by atoms with Crippen LogP contribution in [-0.4, -0.2) is 12.6 Å². The predicted molar refractivity (Wildman–Crippen MR) is 54.2 cm³/mol. The van der Waals surface area contributed by atoms with E-state index in [9.17, 15) is 4.79 Å². The van der Waals surface area contributed by atoms with Crippen LogP contribution in [0.2, 0.25) is 0 Å². The summed E-state index contributed by atoms with van der Waals surface area (Å²) in [6.07, 6.45) is 0. The number of carbonyl (C=O) groups is 1. The standard InChI is InChI=1S/C9H13NO2S/c1-4-12-9(11)7-5(2)6(3)8(10)13-7/h4,10H2,1-3H3. The van der Waals surface area contributed by atoms with Crippen molar-refractivity contribution in [2.45, 2.75) is 20.8 Å². The van der Waals surface area contributed by atoms with Gasteiger partial charge in [-0.05, 0) is 31.9 Å². The maximum atomic E-state index is 11.4. The number of rotatable bonds is 2. The van der Waals surface area contributed by atoms with Gasteiger partial charge in [-0.25, -0.2) is 4.79 Å². The number of esters is 1. The molecule has 0 fully saturated rings. The highest BCUT2D eigenvalue weighted by atomic mass is 32.1. The third kappa shape index (κ3) is 1.83. The Balaban J connectivity index is 3.01. The van der Waals surface area contributed by atoms with E-state index in [1.165, 1.54) is 11.3 Å². The van der Waals surface area contributed by atoms with Crippen LogP contribution in [0.3, 0.4) is 0 Å². The van der Waals surface area contributed by atoms with E-state index in [-0.39, 0.29) is 5.97 Å². The Bertz CT molecular complexity index is 331. The molecule has 0 aliphatic carbocycles. The van der Waals surface area contributed by atoms with Crippen LogP contribution >= 0.6 is 11.3 Å². The van der Waals surface area contributed by atoms with Gasteiger partial charge in [-0.15, -0.1) is 11.3 Å². The minimum absolute atomic E-state index is 0.273. The maximum Gasteiger partial charge on any atom is 0.348 e. The topological polar surface area (TPSA) is 52.3 Å². The molecule has 0 saturated heterocycles. The van der Waals surface area contributed by atoms with Gasteiger partial charge in [0.15, 0.2) is 0 Å². The third-order valence-corrected chi connectivity index (χ3v) is 3.15. The minimum Gasteiger partial charge on any atom is -0.462 e. The lowest BCUT2D eigenvalue weighted by Crippen LogP contribution is -2.03. The second-order valence-electron chi connectivity index (χ2n) is 2.77. The number of hydrogen-bond donors (Lipinski definition) is 1. The first-order valence-electron chi connectivity index (χ1n) is 4.10. The molecule has 0 spiro atoms. The molecule has 0 saturated carbocycles. The quantitative estimate of drug-likeness (QED) is 0.742.